The van der Waals surface area contributed by atoms with Gasteiger partial charge in [0.2, 0.25) is 0 Å². The zero-order chi connectivity index (χ0) is 15.2. The highest BCUT2D eigenvalue weighted by atomic mass is 79.9. The van der Waals surface area contributed by atoms with E-state index in [9.17, 15) is 4.79 Å². The number of benzene rings is 1. The summed E-state index contributed by atoms with van der Waals surface area (Å²) in [5, 5.41) is 6.13. The van der Waals surface area contributed by atoms with Gasteiger partial charge in [-0.2, -0.15) is 0 Å². The van der Waals surface area contributed by atoms with Crippen molar-refractivity contribution in [3.63, 3.8) is 0 Å². The highest BCUT2D eigenvalue weighted by Gasteiger charge is 2.15. The van der Waals surface area contributed by atoms with E-state index in [0.29, 0.717) is 6.54 Å². The molecule has 112 valence electrons. The van der Waals surface area contributed by atoms with Crippen LogP contribution in [-0.4, -0.2) is 24.6 Å². The Morgan fingerprint density at radius 3 is 2.65 bits per heavy atom. The lowest BCUT2D eigenvalue weighted by molar-refractivity contribution is -0.124. The van der Waals surface area contributed by atoms with Gasteiger partial charge in [0.25, 0.3) is 5.91 Å². The number of hydrogen-bond acceptors (Lipinski definition) is 3. The van der Waals surface area contributed by atoms with Gasteiger partial charge in [-0.3, -0.25) is 4.79 Å². The van der Waals surface area contributed by atoms with E-state index >= 15 is 0 Å². The molecule has 0 radical (unpaired) electrons. The number of rotatable bonds is 6. The lowest BCUT2D eigenvalue weighted by Gasteiger charge is -2.21. The molecule has 0 unspecified atom stereocenters. The lowest BCUT2D eigenvalue weighted by atomic mass is 10.1. The van der Waals surface area contributed by atoms with E-state index in [1.54, 1.807) is 0 Å². The van der Waals surface area contributed by atoms with E-state index in [0.717, 1.165) is 22.3 Å². The number of carbonyl (C=O) groups is 1. The second-order valence-corrected chi connectivity index (χ2v) is 6.45. The second-order valence-electron chi connectivity index (χ2n) is 5.60. The molecule has 1 aromatic carbocycles. The summed E-state index contributed by atoms with van der Waals surface area (Å²) >= 11 is 3.47. The lowest BCUT2D eigenvalue weighted by Crippen LogP contribution is -2.43. The van der Waals surface area contributed by atoms with Crippen LogP contribution in [0.2, 0.25) is 0 Å². The summed E-state index contributed by atoms with van der Waals surface area (Å²) in [7, 11) is 0. The SMILES string of the molecule is CCNCc1cccc(Br)c1OCC(=O)NC(C)(C)C. The molecule has 0 aromatic heterocycles. The van der Waals surface area contributed by atoms with Crippen LogP contribution < -0.4 is 15.4 Å². The molecule has 0 fully saturated rings. The van der Waals surface area contributed by atoms with Crippen molar-refractivity contribution in [1.29, 1.82) is 0 Å². The molecule has 0 aliphatic heterocycles. The Morgan fingerprint density at radius 2 is 2.05 bits per heavy atom. The maximum absolute atomic E-state index is 11.8. The van der Waals surface area contributed by atoms with Crippen molar-refractivity contribution < 1.29 is 9.53 Å². The van der Waals surface area contributed by atoms with Gasteiger partial charge in [0.05, 0.1) is 4.47 Å². The first-order valence-electron chi connectivity index (χ1n) is 6.75. The van der Waals surface area contributed by atoms with E-state index in [2.05, 4.69) is 33.5 Å². The van der Waals surface area contributed by atoms with Crippen molar-refractivity contribution in [1.82, 2.24) is 10.6 Å². The van der Waals surface area contributed by atoms with Gasteiger partial charge in [0.1, 0.15) is 5.75 Å². The van der Waals surface area contributed by atoms with Gasteiger partial charge in [-0.1, -0.05) is 19.1 Å². The van der Waals surface area contributed by atoms with Crippen molar-refractivity contribution in [2.24, 2.45) is 0 Å². The standard InChI is InChI=1S/C15H23BrN2O2/c1-5-17-9-11-7-6-8-12(16)14(11)20-10-13(19)18-15(2,3)4/h6-8,17H,5,9-10H2,1-4H3,(H,18,19). The van der Waals surface area contributed by atoms with Crippen molar-refractivity contribution in [2.45, 2.75) is 39.8 Å². The first kappa shape index (κ1) is 17.0. The number of para-hydroxylation sites is 1. The summed E-state index contributed by atoms with van der Waals surface area (Å²) in [6, 6.07) is 5.86. The van der Waals surface area contributed by atoms with Gasteiger partial charge in [-0.15, -0.1) is 0 Å². The topological polar surface area (TPSA) is 50.4 Å². The average Bonchev–Trinajstić information content (AvgIpc) is 2.33. The Morgan fingerprint density at radius 1 is 1.35 bits per heavy atom. The van der Waals surface area contributed by atoms with Crippen molar-refractivity contribution in [3.8, 4) is 5.75 Å². The van der Waals surface area contributed by atoms with Gasteiger partial charge >= 0.3 is 0 Å². The molecule has 0 saturated carbocycles. The highest BCUT2D eigenvalue weighted by molar-refractivity contribution is 9.10. The quantitative estimate of drug-likeness (QED) is 0.835. The summed E-state index contributed by atoms with van der Waals surface area (Å²) < 4.78 is 6.53. The number of ether oxygens (including phenoxy) is 1. The fourth-order valence-corrected chi connectivity index (χ4v) is 2.23. The minimum atomic E-state index is -0.249. The summed E-state index contributed by atoms with van der Waals surface area (Å²) in [4.78, 5) is 11.8. The van der Waals surface area contributed by atoms with Crippen LogP contribution in [0.25, 0.3) is 0 Å². The van der Waals surface area contributed by atoms with Gasteiger partial charge in [-0.25, -0.2) is 0 Å². The molecule has 4 nitrogen and oxygen atoms in total. The Hall–Kier alpha value is -1.07. The number of halogens is 1. The molecule has 1 amide bonds. The van der Waals surface area contributed by atoms with Gasteiger partial charge in [0.15, 0.2) is 6.61 Å². The zero-order valence-electron chi connectivity index (χ0n) is 12.5. The molecule has 20 heavy (non-hydrogen) atoms. The Kier molecular flexibility index (Phi) is 6.49. The van der Waals surface area contributed by atoms with E-state index in [1.807, 2.05) is 39.0 Å². The molecule has 0 aliphatic rings. The Balaban J connectivity index is 2.69. The summed E-state index contributed by atoms with van der Waals surface area (Å²) in [5.74, 6) is 0.597. The van der Waals surface area contributed by atoms with Crippen LogP contribution in [0.1, 0.15) is 33.3 Å². The minimum Gasteiger partial charge on any atom is -0.482 e. The molecule has 1 aromatic rings. The molecule has 2 N–H and O–H groups in total. The molecule has 5 heteroatoms. The molecule has 0 saturated heterocycles. The van der Waals surface area contributed by atoms with Crippen molar-refractivity contribution in [3.05, 3.63) is 28.2 Å². The van der Waals surface area contributed by atoms with E-state index < -0.39 is 0 Å². The molecular formula is C15H23BrN2O2. The van der Waals surface area contributed by atoms with E-state index in [4.69, 9.17) is 4.74 Å². The van der Waals surface area contributed by atoms with Crippen LogP contribution in [-0.2, 0) is 11.3 Å². The third-order valence-corrected chi connectivity index (χ3v) is 3.10. The van der Waals surface area contributed by atoms with Crippen LogP contribution in [0.15, 0.2) is 22.7 Å². The molecule has 0 heterocycles. The highest BCUT2D eigenvalue weighted by Crippen LogP contribution is 2.29. The third kappa shape index (κ3) is 5.92. The van der Waals surface area contributed by atoms with Crippen molar-refractivity contribution in [2.75, 3.05) is 13.2 Å². The molecule has 0 bridgehead atoms. The molecule has 0 aliphatic carbocycles. The number of nitrogens with one attached hydrogen (secondary N) is 2. The van der Waals surface area contributed by atoms with Crippen LogP contribution >= 0.6 is 15.9 Å². The van der Waals surface area contributed by atoms with Crippen LogP contribution in [0.4, 0.5) is 0 Å². The molecule has 0 spiro atoms. The van der Waals surface area contributed by atoms with Gasteiger partial charge in [-0.05, 0) is 49.3 Å². The van der Waals surface area contributed by atoms with Crippen LogP contribution in [0, 0.1) is 0 Å². The van der Waals surface area contributed by atoms with E-state index in [1.165, 1.54) is 0 Å². The number of carbonyl (C=O) groups excluding carboxylic acids is 1. The van der Waals surface area contributed by atoms with E-state index in [-0.39, 0.29) is 18.1 Å². The maximum atomic E-state index is 11.8. The van der Waals surface area contributed by atoms with Crippen LogP contribution in [0.5, 0.6) is 5.75 Å². The predicted molar refractivity (Wildman–Crippen MR) is 84.9 cm³/mol. The fourth-order valence-electron chi connectivity index (χ4n) is 1.71. The zero-order valence-corrected chi connectivity index (χ0v) is 14.1. The number of hydrogen-bond donors (Lipinski definition) is 2. The second kappa shape index (κ2) is 7.64. The normalized spacial score (nSPS) is 11.2. The Bertz CT molecular complexity index is 456. The summed E-state index contributed by atoms with van der Waals surface area (Å²) in [5.41, 5.74) is 0.783. The van der Waals surface area contributed by atoms with Gasteiger partial charge < -0.3 is 15.4 Å². The van der Waals surface area contributed by atoms with Crippen LogP contribution in [0.3, 0.4) is 0 Å². The third-order valence-electron chi connectivity index (χ3n) is 2.48. The fraction of sp³-hybridized carbons (Fsp3) is 0.533. The Labute approximate surface area is 129 Å². The predicted octanol–water partition coefficient (Wildman–Crippen LogP) is 2.85. The molecule has 1 rings (SSSR count). The molecule has 0 atom stereocenters. The largest absolute Gasteiger partial charge is 0.482 e. The van der Waals surface area contributed by atoms with Gasteiger partial charge in [0, 0.05) is 17.6 Å². The minimum absolute atomic E-state index is 0.0129. The average molecular weight is 343 g/mol. The monoisotopic (exact) mass is 342 g/mol. The summed E-state index contributed by atoms with van der Waals surface area (Å²) in [6.45, 7) is 9.50. The molecular weight excluding hydrogens is 320 g/mol. The maximum Gasteiger partial charge on any atom is 0.258 e. The number of amides is 1. The first-order chi connectivity index (χ1) is 9.33. The first-order valence-corrected chi connectivity index (χ1v) is 7.54. The smallest absolute Gasteiger partial charge is 0.258 e. The van der Waals surface area contributed by atoms with Crippen molar-refractivity contribution >= 4 is 21.8 Å². The summed E-state index contributed by atoms with van der Waals surface area (Å²) in [6.07, 6.45) is 0.